The number of rotatable bonds is 6. The minimum Gasteiger partial charge on any atom is -0.394 e. The van der Waals surface area contributed by atoms with Crippen molar-refractivity contribution in [3.63, 3.8) is 0 Å². The van der Waals surface area contributed by atoms with Crippen molar-refractivity contribution in [2.75, 3.05) is 31.1 Å². The molecule has 208 valence electrons. The zero-order valence-corrected chi connectivity index (χ0v) is 23.8. The second-order valence-electron chi connectivity index (χ2n) is 10.7. The molecule has 6 rings (SSSR count). The lowest BCUT2D eigenvalue weighted by atomic mass is 9.78. The van der Waals surface area contributed by atoms with E-state index in [0.717, 1.165) is 12.0 Å². The first kappa shape index (κ1) is 27.1. The molecule has 4 aliphatic heterocycles. The van der Waals surface area contributed by atoms with Gasteiger partial charge in [0.1, 0.15) is 6.04 Å². The first-order valence-corrected chi connectivity index (χ1v) is 15.0. The van der Waals surface area contributed by atoms with E-state index in [1.807, 2.05) is 78.6 Å². The van der Waals surface area contributed by atoms with E-state index in [1.165, 1.54) is 11.8 Å². The second-order valence-corrected chi connectivity index (χ2v) is 12.6. The minimum absolute atomic E-state index is 0.0477. The van der Waals surface area contributed by atoms with Crippen LogP contribution in [0.1, 0.15) is 24.9 Å². The number of aliphatic hydroxyl groups excluding tert-OH is 1. The van der Waals surface area contributed by atoms with E-state index >= 15 is 0 Å². The summed E-state index contributed by atoms with van der Waals surface area (Å²) in [5.41, 5.74) is 1.30. The van der Waals surface area contributed by atoms with Crippen molar-refractivity contribution in [3.8, 4) is 0 Å². The number of aliphatic hydroxyl groups is 1. The van der Waals surface area contributed by atoms with E-state index in [-0.39, 0.29) is 36.1 Å². The Labute approximate surface area is 243 Å². The number of para-hydroxylation sites is 1. The molecule has 9 heteroatoms. The number of amides is 3. The number of fused-ring (bicyclic) bond motifs is 2. The Bertz CT molecular complexity index is 1380. The van der Waals surface area contributed by atoms with Crippen molar-refractivity contribution in [1.29, 1.82) is 0 Å². The van der Waals surface area contributed by atoms with Gasteiger partial charge in [-0.3, -0.25) is 14.4 Å². The second kappa shape index (κ2) is 10.7. The highest BCUT2D eigenvalue weighted by atomic mass is 35.5. The van der Waals surface area contributed by atoms with E-state index in [9.17, 15) is 19.5 Å². The Morgan fingerprint density at radius 1 is 1.00 bits per heavy atom. The van der Waals surface area contributed by atoms with Crippen molar-refractivity contribution in [2.24, 2.45) is 11.8 Å². The summed E-state index contributed by atoms with van der Waals surface area (Å²) in [6.45, 7) is 3.08. The fourth-order valence-electron chi connectivity index (χ4n) is 6.85. The van der Waals surface area contributed by atoms with Gasteiger partial charge in [0.25, 0.3) is 5.91 Å². The zero-order valence-electron chi connectivity index (χ0n) is 22.2. The van der Waals surface area contributed by atoms with Gasteiger partial charge in [0, 0.05) is 24.9 Å². The number of carbonyl (C=O) groups excluding carboxylic acids is 3. The summed E-state index contributed by atoms with van der Waals surface area (Å²) in [4.78, 5) is 48.3. The van der Waals surface area contributed by atoms with Crippen LogP contribution in [0.3, 0.4) is 0 Å². The molecule has 2 saturated heterocycles. The molecule has 0 aromatic heterocycles. The number of hydrogen-bond acceptors (Lipinski definition) is 5. The van der Waals surface area contributed by atoms with Crippen LogP contribution in [0.2, 0.25) is 5.02 Å². The Hall–Kier alpha value is -3.07. The van der Waals surface area contributed by atoms with Gasteiger partial charge in [-0.1, -0.05) is 85.3 Å². The molecule has 40 heavy (non-hydrogen) atoms. The molecule has 3 amide bonds. The first-order valence-electron chi connectivity index (χ1n) is 13.8. The molecule has 1 spiro atoms. The smallest absolute Gasteiger partial charge is 0.251 e. The normalized spacial score (nSPS) is 30.2. The molecule has 7 nitrogen and oxygen atoms in total. The van der Waals surface area contributed by atoms with Gasteiger partial charge >= 0.3 is 0 Å². The lowest BCUT2D eigenvalue weighted by molar-refractivity contribution is -0.144. The molecular formula is C31H32ClN3O4S. The topological polar surface area (TPSA) is 81.2 Å². The van der Waals surface area contributed by atoms with Crippen molar-refractivity contribution in [1.82, 2.24) is 9.80 Å². The summed E-state index contributed by atoms with van der Waals surface area (Å²) < 4.78 is -0.975. The van der Waals surface area contributed by atoms with Gasteiger partial charge in [-0.25, -0.2) is 0 Å². The molecule has 4 heterocycles. The Kier molecular flexibility index (Phi) is 7.27. The van der Waals surface area contributed by atoms with Gasteiger partial charge in [0.2, 0.25) is 11.8 Å². The number of halogens is 1. The summed E-state index contributed by atoms with van der Waals surface area (Å²) in [5, 5.41) is 10.9. The maximum atomic E-state index is 14.7. The molecule has 0 bridgehead atoms. The lowest BCUT2D eigenvalue weighted by Gasteiger charge is -2.38. The average Bonchev–Trinajstić information content (AvgIpc) is 3.28. The Morgan fingerprint density at radius 2 is 1.75 bits per heavy atom. The van der Waals surface area contributed by atoms with Gasteiger partial charge in [-0.15, -0.1) is 11.8 Å². The number of hydrogen-bond donors (Lipinski definition) is 1. The summed E-state index contributed by atoms with van der Waals surface area (Å²) in [6, 6.07) is 14.8. The minimum atomic E-state index is -0.975. The number of benzene rings is 2. The maximum absolute atomic E-state index is 14.7. The highest BCUT2D eigenvalue weighted by molar-refractivity contribution is 8.02. The molecule has 2 aromatic carbocycles. The molecule has 0 saturated carbocycles. The number of carbonyl (C=O) groups is 3. The Morgan fingerprint density at radius 3 is 2.48 bits per heavy atom. The lowest BCUT2D eigenvalue weighted by Crippen LogP contribution is -2.54. The molecular weight excluding hydrogens is 546 g/mol. The van der Waals surface area contributed by atoms with Crippen LogP contribution in [0.5, 0.6) is 0 Å². The monoisotopic (exact) mass is 577 g/mol. The molecule has 2 fully saturated rings. The summed E-state index contributed by atoms with van der Waals surface area (Å²) in [7, 11) is 0. The van der Waals surface area contributed by atoms with Crippen molar-refractivity contribution < 1.29 is 19.5 Å². The molecule has 0 aliphatic carbocycles. The van der Waals surface area contributed by atoms with Crippen molar-refractivity contribution in [2.45, 2.75) is 35.4 Å². The summed E-state index contributed by atoms with van der Waals surface area (Å²) in [5.74, 6) is -1.93. The predicted molar refractivity (Wildman–Crippen MR) is 157 cm³/mol. The third-order valence-corrected chi connectivity index (χ3v) is 10.6. The average molecular weight is 578 g/mol. The molecule has 6 atom stereocenters. The molecule has 2 aromatic rings. The highest BCUT2D eigenvalue weighted by Crippen LogP contribution is 2.62. The van der Waals surface area contributed by atoms with Crippen LogP contribution in [0, 0.1) is 11.8 Å². The van der Waals surface area contributed by atoms with Crippen LogP contribution < -0.4 is 4.90 Å². The van der Waals surface area contributed by atoms with Gasteiger partial charge in [-0.05, 0) is 24.1 Å². The van der Waals surface area contributed by atoms with E-state index in [4.69, 9.17) is 11.6 Å². The maximum Gasteiger partial charge on any atom is 0.251 e. The standard InChI is InChI=1S/C31H32ClN3O4S/c1-2-16-33-17-8-14-24-25(28(33)37)26-29(38)35(23(19-36)20-10-4-3-5-11-20)27-30(39)34(18-9-15-31(26,27)40-24)22-13-7-6-12-21(22)32/h3-15,23-27,36H,2,16-19H2,1H3/t23-,24-,25+,26+,27?,31+/m1/s1. The largest absolute Gasteiger partial charge is 0.394 e. The fraction of sp³-hybridized carbons (Fsp3) is 0.387. The van der Waals surface area contributed by atoms with Crippen molar-refractivity contribution in [3.05, 3.63) is 89.5 Å². The Balaban J connectivity index is 1.52. The van der Waals surface area contributed by atoms with E-state index in [2.05, 4.69) is 0 Å². The molecule has 4 aliphatic rings. The van der Waals surface area contributed by atoms with Crippen LogP contribution in [-0.4, -0.2) is 74.9 Å². The predicted octanol–water partition coefficient (Wildman–Crippen LogP) is 4.08. The quantitative estimate of drug-likeness (QED) is 0.523. The van der Waals surface area contributed by atoms with E-state index in [0.29, 0.717) is 23.8 Å². The fourth-order valence-corrected chi connectivity index (χ4v) is 9.08. The molecule has 0 radical (unpaired) electrons. The summed E-state index contributed by atoms with van der Waals surface area (Å²) in [6.07, 6.45) is 8.78. The van der Waals surface area contributed by atoms with Crippen LogP contribution in [-0.2, 0) is 14.4 Å². The van der Waals surface area contributed by atoms with Gasteiger partial charge in [-0.2, -0.15) is 0 Å². The zero-order chi connectivity index (χ0) is 28.0. The van der Waals surface area contributed by atoms with Gasteiger partial charge < -0.3 is 19.8 Å². The van der Waals surface area contributed by atoms with Crippen LogP contribution in [0.25, 0.3) is 0 Å². The first-order chi connectivity index (χ1) is 19.4. The SMILES string of the molecule is CCCN1CC=C[C@H]2S[C@]34C=CCN(c5ccccc5Cl)C(=O)C3N([C@H](CO)c3ccccc3)C(=O)[C@@H]4[C@H]2C1=O. The van der Waals surface area contributed by atoms with Gasteiger partial charge in [0.05, 0.1) is 39.9 Å². The number of anilines is 1. The van der Waals surface area contributed by atoms with E-state index in [1.54, 1.807) is 21.9 Å². The van der Waals surface area contributed by atoms with E-state index < -0.39 is 28.7 Å². The number of likely N-dealkylation sites (tertiary alicyclic amines) is 1. The highest BCUT2D eigenvalue weighted by Gasteiger charge is 2.72. The molecule has 1 N–H and O–H groups in total. The van der Waals surface area contributed by atoms with Gasteiger partial charge in [0.15, 0.2) is 0 Å². The van der Waals surface area contributed by atoms with Crippen LogP contribution in [0.15, 0.2) is 78.9 Å². The van der Waals surface area contributed by atoms with Crippen LogP contribution >= 0.6 is 23.4 Å². The summed E-state index contributed by atoms with van der Waals surface area (Å²) >= 11 is 8.10. The third-order valence-electron chi connectivity index (χ3n) is 8.51. The molecule has 1 unspecified atom stereocenters. The third kappa shape index (κ3) is 4.11. The van der Waals surface area contributed by atoms with Crippen LogP contribution in [0.4, 0.5) is 5.69 Å². The number of thioether (sulfide) groups is 1. The number of nitrogens with zero attached hydrogens (tertiary/aromatic N) is 3. The van der Waals surface area contributed by atoms with Crippen molar-refractivity contribution >= 4 is 46.8 Å².